The van der Waals surface area contributed by atoms with E-state index in [1.807, 2.05) is 25.1 Å². The summed E-state index contributed by atoms with van der Waals surface area (Å²) < 4.78 is 27.4. The molecule has 2 amide bonds. The number of sulfonamides is 1. The molecule has 0 radical (unpaired) electrons. The molecule has 1 aromatic heterocycles. The third-order valence-electron chi connectivity index (χ3n) is 6.63. The number of aromatic amines is 1. The van der Waals surface area contributed by atoms with Crippen LogP contribution < -0.4 is 10.2 Å². The van der Waals surface area contributed by atoms with Gasteiger partial charge in [0.05, 0.1) is 15.9 Å². The Hall–Kier alpha value is -3.24. The van der Waals surface area contributed by atoms with E-state index < -0.39 is 10.0 Å². The van der Waals surface area contributed by atoms with Crippen LogP contribution in [0.15, 0.2) is 41.3 Å². The van der Waals surface area contributed by atoms with Gasteiger partial charge in [-0.15, -0.1) is 0 Å². The number of fused-ring (bicyclic) bond motifs is 2. The number of benzene rings is 2. The molecular weight excluding hydrogens is 466 g/mol. The average molecular weight is 496 g/mol. The highest BCUT2D eigenvalue weighted by molar-refractivity contribution is 7.89. The van der Waals surface area contributed by atoms with E-state index in [0.717, 1.165) is 40.8 Å². The third kappa shape index (κ3) is 4.81. The van der Waals surface area contributed by atoms with Gasteiger partial charge in [0.25, 0.3) is 0 Å². The molecule has 3 aromatic rings. The minimum atomic E-state index is -3.54. The smallest absolute Gasteiger partial charge is 0.243 e. The normalized spacial score (nSPS) is 16.6. The molecule has 0 unspecified atom stereocenters. The highest BCUT2D eigenvalue weighted by atomic mass is 32.2. The summed E-state index contributed by atoms with van der Waals surface area (Å²) in [7, 11) is -3.54. The lowest BCUT2D eigenvalue weighted by molar-refractivity contribution is -0.124. The van der Waals surface area contributed by atoms with Crippen LogP contribution in [-0.2, 0) is 32.5 Å². The molecule has 0 aliphatic carbocycles. The molecular formula is C25H29N5O4S. The van der Waals surface area contributed by atoms with Crippen molar-refractivity contribution in [3.8, 4) is 0 Å². The molecule has 5 rings (SSSR count). The molecule has 2 aliphatic heterocycles. The van der Waals surface area contributed by atoms with E-state index in [4.69, 9.17) is 0 Å². The largest absolute Gasteiger partial charge is 0.354 e. The van der Waals surface area contributed by atoms with E-state index in [2.05, 4.69) is 15.3 Å². The Morgan fingerprint density at radius 2 is 1.91 bits per heavy atom. The van der Waals surface area contributed by atoms with E-state index in [-0.39, 0.29) is 29.7 Å². The molecule has 0 atom stereocenters. The van der Waals surface area contributed by atoms with Gasteiger partial charge in [0.15, 0.2) is 0 Å². The van der Waals surface area contributed by atoms with Gasteiger partial charge < -0.3 is 15.2 Å². The van der Waals surface area contributed by atoms with Crippen molar-refractivity contribution < 1.29 is 18.0 Å². The number of rotatable bonds is 7. The first-order chi connectivity index (χ1) is 16.8. The Labute approximate surface area is 204 Å². The number of aromatic nitrogens is 2. The minimum Gasteiger partial charge on any atom is -0.354 e. The molecule has 2 N–H and O–H groups in total. The number of anilines is 1. The standard InChI is InChI=1S/C25H29N5O4S/c1-17-4-7-20-21(14-17)28-23(27-20)10-11-26-24(31)16-30-22-8-6-19(15-18(22)5-9-25(30)32)35(33,34)29-12-2-3-13-29/h4,6-8,14-15H,2-3,5,9-13,16H2,1H3,(H,26,31)(H,27,28). The summed E-state index contributed by atoms with van der Waals surface area (Å²) in [6.07, 6.45) is 2.99. The molecule has 9 nitrogen and oxygen atoms in total. The number of H-pyrrole nitrogens is 1. The number of nitrogens with zero attached hydrogens (tertiary/aromatic N) is 3. The SMILES string of the molecule is Cc1ccc2nc(CCNC(=O)CN3C(=O)CCc4cc(S(=O)(=O)N5CCCC5)ccc43)[nH]c2c1. The molecule has 10 heteroatoms. The van der Waals surface area contributed by atoms with E-state index in [0.29, 0.717) is 38.2 Å². The first kappa shape index (κ1) is 23.5. The van der Waals surface area contributed by atoms with Gasteiger partial charge in [-0.2, -0.15) is 4.31 Å². The van der Waals surface area contributed by atoms with E-state index in [1.165, 1.54) is 9.21 Å². The molecule has 2 aliphatic rings. The summed E-state index contributed by atoms with van der Waals surface area (Å²) in [4.78, 5) is 34.8. The van der Waals surface area contributed by atoms with Gasteiger partial charge in [-0.25, -0.2) is 13.4 Å². The Morgan fingerprint density at radius 3 is 2.71 bits per heavy atom. The highest BCUT2D eigenvalue weighted by Gasteiger charge is 2.31. The third-order valence-corrected chi connectivity index (χ3v) is 8.52. The number of nitrogens with one attached hydrogen (secondary N) is 2. The maximum atomic E-state index is 12.9. The van der Waals surface area contributed by atoms with Crippen LogP contribution >= 0.6 is 0 Å². The molecule has 0 bridgehead atoms. The van der Waals surface area contributed by atoms with E-state index >= 15 is 0 Å². The van der Waals surface area contributed by atoms with Crippen molar-refractivity contribution in [3.63, 3.8) is 0 Å². The Bertz CT molecular complexity index is 1390. The van der Waals surface area contributed by atoms with Crippen LogP contribution in [0.2, 0.25) is 0 Å². The zero-order chi connectivity index (χ0) is 24.6. The van der Waals surface area contributed by atoms with Crippen LogP contribution in [0.1, 0.15) is 36.2 Å². The van der Waals surface area contributed by atoms with Crippen molar-refractivity contribution in [2.45, 2.75) is 43.9 Å². The number of hydrogen-bond donors (Lipinski definition) is 2. The van der Waals surface area contributed by atoms with Crippen molar-refractivity contribution >= 4 is 38.6 Å². The minimum absolute atomic E-state index is 0.108. The topological polar surface area (TPSA) is 115 Å². The van der Waals surface area contributed by atoms with Gasteiger partial charge in [-0.05, 0) is 67.6 Å². The van der Waals surface area contributed by atoms with Gasteiger partial charge in [-0.3, -0.25) is 9.59 Å². The van der Waals surface area contributed by atoms with Crippen LogP contribution in [0.25, 0.3) is 11.0 Å². The van der Waals surface area contributed by atoms with Gasteiger partial charge in [-0.1, -0.05) is 6.07 Å². The fourth-order valence-electron chi connectivity index (χ4n) is 4.76. The van der Waals surface area contributed by atoms with Crippen LogP contribution in [0.4, 0.5) is 5.69 Å². The van der Waals surface area contributed by atoms with Crippen LogP contribution in [0.5, 0.6) is 0 Å². The van der Waals surface area contributed by atoms with E-state index in [9.17, 15) is 18.0 Å². The summed E-state index contributed by atoms with van der Waals surface area (Å²) in [5.74, 6) is 0.374. The molecule has 35 heavy (non-hydrogen) atoms. The second-order valence-electron chi connectivity index (χ2n) is 9.19. The zero-order valence-corrected chi connectivity index (χ0v) is 20.5. The molecule has 0 spiro atoms. The van der Waals surface area contributed by atoms with E-state index in [1.54, 1.807) is 18.2 Å². The second-order valence-corrected chi connectivity index (χ2v) is 11.1. The number of hydrogen-bond acceptors (Lipinski definition) is 5. The lowest BCUT2D eigenvalue weighted by Crippen LogP contribution is -2.43. The number of carbonyl (C=O) groups is 2. The second kappa shape index (κ2) is 9.43. The number of carbonyl (C=O) groups excluding carboxylic acids is 2. The quantitative estimate of drug-likeness (QED) is 0.522. The van der Waals surface area contributed by atoms with Crippen molar-refractivity contribution in [1.82, 2.24) is 19.6 Å². The van der Waals surface area contributed by atoms with Crippen LogP contribution in [0, 0.1) is 6.92 Å². The average Bonchev–Trinajstić information content (AvgIpc) is 3.51. The Balaban J connectivity index is 1.23. The van der Waals surface area contributed by atoms with Crippen molar-refractivity contribution in [2.24, 2.45) is 0 Å². The first-order valence-electron chi connectivity index (χ1n) is 12.0. The predicted octanol–water partition coefficient (Wildman–Crippen LogP) is 2.29. The summed E-state index contributed by atoms with van der Waals surface area (Å²) in [6.45, 7) is 3.38. The molecule has 1 saturated heterocycles. The summed E-state index contributed by atoms with van der Waals surface area (Å²) in [5.41, 5.74) is 4.37. The number of amides is 2. The molecule has 0 saturated carbocycles. The monoisotopic (exact) mass is 495 g/mol. The van der Waals surface area contributed by atoms with Crippen molar-refractivity contribution in [3.05, 3.63) is 53.3 Å². The fourth-order valence-corrected chi connectivity index (χ4v) is 6.33. The first-order valence-corrected chi connectivity index (χ1v) is 13.4. The number of aryl methyl sites for hydroxylation is 2. The Kier molecular flexibility index (Phi) is 6.33. The van der Waals surface area contributed by atoms with Crippen molar-refractivity contribution in [1.29, 1.82) is 0 Å². The van der Waals surface area contributed by atoms with Crippen molar-refractivity contribution in [2.75, 3.05) is 31.1 Å². The lowest BCUT2D eigenvalue weighted by Gasteiger charge is -2.29. The maximum Gasteiger partial charge on any atom is 0.243 e. The van der Waals surface area contributed by atoms with Crippen LogP contribution in [0.3, 0.4) is 0 Å². The molecule has 184 valence electrons. The Morgan fingerprint density at radius 1 is 1.11 bits per heavy atom. The number of imidazole rings is 1. The van der Waals surface area contributed by atoms with Crippen LogP contribution in [-0.4, -0.2) is 60.7 Å². The predicted molar refractivity (Wildman–Crippen MR) is 133 cm³/mol. The summed E-state index contributed by atoms with van der Waals surface area (Å²) >= 11 is 0. The fraction of sp³-hybridized carbons (Fsp3) is 0.400. The molecule has 1 fully saturated rings. The highest BCUT2D eigenvalue weighted by Crippen LogP contribution is 2.31. The maximum absolute atomic E-state index is 12.9. The lowest BCUT2D eigenvalue weighted by atomic mass is 10.0. The van der Waals surface area contributed by atoms with Gasteiger partial charge >= 0.3 is 0 Å². The summed E-state index contributed by atoms with van der Waals surface area (Å²) in [5, 5.41) is 2.86. The molecule has 3 heterocycles. The zero-order valence-electron chi connectivity index (χ0n) is 19.7. The van der Waals surface area contributed by atoms with Gasteiger partial charge in [0.1, 0.15) is 12.4 Å². The van der Waals surface area contributed by atoms with Gasteiger partial charge in [0, 0.05) is 38.2 Å². The summed E-state index contributed by atoms with van der Waals surface area (Å²) in [6, 6.07) is 10.9. The van der Waals surface area contributed by atoms with Gasteiger partial charge in [0.2, 0.25) is 21.8 Å². The molecule has 2 aromatic carbocycles.